The molecule has 1 aromatic carbocycles. The Hall–Kier alpha value is -1.48. The summed E-state index contributed by atoms with van der Waals surface area (Å²) in [7, 11) is 1.71. The standard InChI is InChI=1S/C15H22N2O/c1-4-11(2)16-8-7-12-10-17-15-6-5-13(18-3)9-14(12)15/h5-6,9-11,16-17H,4,7-8H2,1-3H3. The van der Waals surface area contributed by atoms with E-state index in [-0.39, 0.29) is 0 Å². The molecule has 2 aromatic rings. The summed E-state index contributed by atoms with van der Waals surface area (Å²) in [5, 5.41) is 4.78. The van der Waals surface area contributed by atoms with Crippen molar-refractivity contribution in [3.63, 3.8) is 0 Å². The highest BCUT2D eigenvalue weighted by Crippen LogP contribution is 2.23. The fourth-order valence-corrected chi connectivity index (χ4v) is 2.09. The molecule has 1 atom stereocenters. The molecule has 0 aliphatic carbocycles. The zero-order valence-electron chi connectivity index (χ0n) is 11.4. The van der Waals surface area contributed by atoms with E-state index in [0.717, 1.165) is 18.7 Å². The van der Waals surface area contributed by atoms with E-state index in [4.69, 9.17) is 4.74 Å². The predicted molar refractivity (Wildman–Crippen MR) is 76.3 cm³/mol. The van der Waals surface area contributed by atoms with Crippen LogP contribution in [0.2, 0.25) is 0 Å². The normalized spacial score (nSPS) is 12.8. The summed E-state index contributed by atoms with van der Waals surface area (Å²) in [6.45, 7) is 5.44. The largest absolute Gasteiger partial charge is 0.497 e. The molecule has 98 valence electrons. The summed E-state index contributed by atoms with van der Waals surface area (Å²) < 4.78 is 5.28. The number of fused-ring (bicyclic) bond motifs is 1. The molecule has 3 nitrogen and oxygen atoms in total. The molecule has 0 spiro atoms. The Kier molecular flexibility index (Phi) is 4.26. The lowest BCUT2D eigenvalue weighted by Gasteiger charge is -2.10. The lowest BCUT2D eigenvalue weighted by Crippen LogP contribution is -2.27. The average molecular weight is 246 g/mol. The van der Waals surface area contributed by atoms with Crippen molar-refractivity contribution >= 4 is 10.9 Å². The average Bonchev–Trinajstić information content (AvgIpc) is 2.81. The number of aromatic amines is 1. The summed E-state index contributed by atoms with van der Waals surface area (Å²) >= 11 is 0. The van der Waals surface area contributed by atoms with Gasteiger partial charge in [-0.2, -0.15) is 0 Å². The van der Waals surface area contributed by atoms with Crippen LogP contribution in [0.25, 0.3) is 10.9 Å². The predicted octanol–water partition coefficient (Wildman–Crippen LogP) is 3.11. The molecule has 0 saturated heterocycles. The van der Waals surface area contributed by atoms with Crippen LogP contribution < -0.4 is 10.1 Å². The third-order valence-corrected chi connectivity index (χ3v) is 3.47. The minimum atomic E-state index is 0.588. The van der Waals surface area contributed by atoms with Gasteiger partial charge in [-0.15, -0.1) is 0 Å². The van der Waals surface area contributed by atoms with Gasteiger partial charge in [-0.3, -0.25) is 0 Å². The number of nitrogens with one attached hydrogen (secondary N) is 2. The minimum absolute atomic E-state index is 0.588. The van der Waals surface area contributed by atoms with Crippen LogP contribution in [0.15, 0.2) is 24.4 Å². The highest BCUT2D eigenvalue weighted by molar-refractivity contribution is 5.84. The number of aromatic nitrogens is 1. The first-order valence-corrected chi connectivity index (χ1v) is 6.62. The fraction of sp³-hybridized carbons (Fsp3) is 0.467. The minimum Gasteiger partial charge on any atom is -0.497 e. The molecule has 1 heterocycles. The SMILES string of the molecule is CCC(C)NCCc1c[nH]c2ccc(OC)cc12. The molecule has 0 saturated carbocycles. The summed E-state index contributed by atoms with van der Waals surface area (Å²) in [5.41, 5.74) is 2.52. The van der Waals surface area contributed by atoms with E-state index in [2.05, 4.69) is 42.5 Å². The molecule has 18 heavy (non-hydrogen) atoms. The number of hydrogen-bond donors (Lipinski definition) is 2. The van der Waals surface area contributed by atoms with Crippen LogP contribution in [0.1, 0.15) is 25.8 Å². The molecular weight excluding hydrogens is 224 g/mol. The van der Waals surface area contributed by atoms with Crippen molar-refractivity contribution in [2.24, 2.45) is 0 Å². The van der Waals surface area contributed by atoms with Gasteiger partial charge in [-0.05, 0) is 50.1 Å². The quantitative estimate of drug-likeness (QED) is 0.821. The Bertz CT molecular complexity index is 504. The van der Waals surface area contributed by atoms with Crippen LogP contribution in [0.4, 0.5) is 0 Å². The van der Waals surface area contributed by atoms with Crippen molar-refractivity contribution in [1.82, 2.24) is 10.3 Å². The van der Waals surface area contributed by atoms with Gasteiger partial charge in [-0.25, -0.2) is 0 Å². The molecular formula is C15H22N2O. The number of hydrogen-bond acceptors (Lipinski definition) is 2. The molecule has 0 fully saturated rings. The zero-order valence-corrected chi connectivity index (χ0v) is 11.4. The highest BCUT2D eigenvalue weighted by atomic mass is 16.5. The van der Waals surface area contributed by atoms with Crippen LogP contribution in [-0.2, 0) is 6.42 Å². The second-order valence-corrected chi connectivity index (χ2v) is 4.74. The molecule has 3 heteroatoms. The van der Waals surface area contributed by atoms with E-state index in [0.29, 0.717) is 6.04 Å². The topological polar surface area (TPSA) is 37.0 Å². The first-order valence-electron chi connectivity index (χ1n) is 6.62. The van der Waals surface area contributed by atoms with Crippen LogP contribution in [0.3, 0.4) is 0 Å². The lowest BCUT2D eigenvalue weighted by atomic mass is 10.1. The van der Waals surface area contributed by atoms with Gasteiger partial charge in [0.15, 0.2) is 0 Å². The maximum Gasteiger partial charge on any atom is 0.119 e. The van der Waals surface area contributed by atoms with Gasteiger partial charge < -0.3 is 15.0 Å². The van der Waals surface area contributed by atoms with E-state index in [1.54, 1.807) is 7.11 Å². The van der Waals surface area contributed by atoms with Crippen molar-refractivity contribution < 1.29 is 4.74 Å². The van der Waals surface area contributed by atoms with Gasteiger partial charge >= 0.3 is 0 Å². The molecule has 0 amide bonds. The van der Waals surface area contributed by atoms with Crippen LogP contribution in [-0.4, -0.2) is 24.7 Å². The Labute approximate surface area is 109 Å². The van der Waals surface area contributed by atoms with Crippen molar-refractivity contribution in [3.8, 4) is 5.75 Å². The Balaban J connectivity index is 2.08. The molecule has 2 rings (SSSR count). The van der Waals surface area contributed by atoms with Gasteiger partial charge in [0, 0.05) is 23.1 Å². The van der Waals surface area contributed by atoms with E-state index in [1.807, 2.05) is 6.07 Å². The van der Waals surface area contributed by atoms with Crippen LogP contribution >= 0.6 is 0 Å². The summed E-state index contributed by atoms with van der Waals surface area (Å²) in [4.78, 5) is 3.31. The molecule has 0 aliphatic rings. The molecule has 0 radical (unpaired) electrons. The monoisotopic (exact) mass is 246 g/mol. The maximum atomic E-state index is 5.28. The molecule has 0 aliphatic heterocycles. The van der Waals surface area contributed by atoms with Crippen molar-refractivity contribution in [2.75, 3.05) is 13.7 Å². The summed E-state index contributed by atoms with van der Waals surface area (Å²) in [6, 6.07) is 6.74. The van der Waals surface area contributed by atoms with E-state index in [1.165, 1.54) is 22.9 Å². The molecule has 1 unspecified atom stereocenters. The number of ether oxygens (including phenoxy) is 1. The number of rotatable bonds is 6. The first kappa shape index (κ1) is 13.0. The number of methoxy groups -OCH3 is 1. The van der Waals surface area contributed by atoms with E-state index in [9.17, 15) is 0 Å². The van der Waals surface area contributed by atoms with Gasteiger partial charge in [0.25, 0.3) is 0 Å². The Morgan fingerprint density at radius 2 is 2.22 bits per heavy atom. The third-order valence-electron chi connectivity index (χ3n) is 3.47. The summed E-state index contributed by atoms with van der Waals surface area (Å²) in [6.07, 6.45) is 4.31. The number of benzene rings is 1. The Morgan fingerprint density at radius 1 is 1.39 bits per heavy atom. The highest BCUT2D eigenvalue weighted by Gasteiger charge is 2.05. The summed E-state index contributed by atoms with van der Waals surface area (Å²) in [5.74, 6) is 0.915. The first-order chi connectivity index (χ1) is 8.74. The lowest BCUT2D eigenvalue weighted by molar-refractivity contribution is 0.415. The van der Waals surface area contributed by atoms with Gasteiger partial charge in [0.1, 0.15) is 5.75 Å². The smallest absolute Gasteiger partial charge is 0.119 e. The van der Waals surface area contributed by atoms with Crippen LogP contribution in [0.5, 0.6) is 5.75 Å². The molecule has 0 bridgehead atoms. The zero-order chi connectivity index (χ0) is 13.0. The van der Waals surface area contributed by atoms with Gasteiger partial charge in [0.2, 0.25) is 0 Å². The second-order valence-electron chi connectivity index (χ2n) is 4.74. The molecule has 1 aromatic heterocycles. The molecule has 2 N–H and O–H groups in total. The fourth-order valence-electron chi connectivity index (χ4n) is 2.09. The maximum absolute atomic E-state index is 5.28. The van der Waals surface area contributed by atoms with Crippen molar-refractivity contribution in [1.29, 1.82) is 0 Å². The van der Waals surface area contributed by atoms with Crippen molar-refractivity contribution in [3.05, 3.63) is 30.0 Å². The van der Waals surface area contributed by atoms with Gasteiger partial charge in [0.05, 0.1) is 7.11 Å². The Morgan fingerprint density at radius 3 is 2.94 bits per heavy atom. The van der Waals surface area contributed by atoms with E-state index >= 15 is 0 Å². The van der Waals surface area contributed by atoms with Crippen molar-refractivity contribution in [2.45, 2.75) is 32.7 Å². The van der Waals surface area contributed by atoms with Crippen LogP contribution in [0, 0.1) is 0 Å². The second kappa shape index (κ2) is 5.91. The van der Waals surface area contributed by atoms with E-state index < -0.39 is 0 Å². The third kappa shape index (κ3) is 2.85. The van der Waals surface area contributed by atoms with Gasteiger partial charge in [-0.1, -0.05) is 6.92 Å². The number of H-pyrrole nitrogens is 1.